The molecule has 0 aliphatic rings. The van der Waals surface area contributed by atoms with Crippen molar-refractivity contribution < 1.29 is 9.18 Å². The number of benzene rings is 1. The minimum atomic E-state index is -0.225. The number of amides is 1. The van der Waals surface area contributed by atoms with Crippen LogP contribution in [0.4, 0.5) is 4.39 Å². The number of hydrogen-bond acceptors (Lipinski definition) is 2. The predicted octanol–water partition coefficient (Wildman–Crippen LogP) is 1.06. The molecule has 0 heterocycles. The van der Waals surface area contributed by atoms with Crippen molar-refractivity contribution >= 4 is 5.91 Å². The quantitative estimate of drug-likeness (QED) is 0.431. The Labute approximate surface area is 82.1 Å². The molecule has 14 heavy (non-hydrogen) atoms. The number of nitrogens with two attached hydrogens (primary N) is 1. The Morgan fingerprint density at radius 2 is 2.29 bits per heavy atom. The van der Waals surface area contributed by atoms with Crippen molar-refractivity contribution in [2.45, 2.75) is 19.8 Å². The molecule has 1 amide bonds. The molecule has 1 aromatic carbocycles. The van der Waals surface area contributed by atoms with Crippen LogP contribution in [0.25, 0.3) is 0 Å². The molecule has 0 radical (unpaired) electrons. The molecule has 3 nitrogen and oxygen atoms in total. The Morgan fingerprint density at radius 1 is 1.57 bits per heavy atom. The Kier molecular flexibility index (Phi) is 3.59. The highest BCUT2D eigenvalue weighted by molar-refractivity contribution is 5.75. The lowest BCUT2D eigenvalue weighted by molar-refractivity contribution is -0.121. The first-order valence-electron chi connectivity index (χ1n) is 4.38. The van der Waals surface area contributed by atoms with Gasteiger partial charge in [-0.1, -0.05) is 12.1 Å². The first kappa shape index (κ1) is 10.7. The third-order valence-electron chi connectivity index (χ3n) is 2.02. The third kappa shape index (κ3) is 2.81. The van der Waals surface area contributed by atoms with Crippen molar-refractivity contribution in [3.8, 4) is 0 Å². The summed E-state index contributed by atoms with van der Waals surface area (Å²) in [4.78, 5) is 10.8. The summed E-state index contributed by atoms with van der Waals surface area (Å²) in [7, 11) is 0. The summed E-state index contributed by atoms with van der Waals surface area (Å²) < 4.78 is 12.9. The molecule has 1 aromatic rings. The topological polar surface area (TPSA) is 55.1 Å². The van der Waals surface area contributed by atoms with Gasteiger partial charge in [0.25, 0.3) is 0 Å². The number of carbonyl (C=O) groups is 1. The number of halogens is 1. The summed E-state index contributed by atoms with van der Waals surface area (Å²) in [6.45, 7) is 1.70. The third-order valence-corrected chi connectivity index (χ3v) is 2.02. The molecule has 0 aliphatic heterocycles. The molecular weight excluding hydrogens is 183 g/mol. The van der Waals surface area contributed by atoms with Gasteiger partial charge < -0.3 is 0 Å². The van der Waals surface area contributed by atoms with E-state index in [9.17, 15) is 9.18 Å². The fraction of sp³-hybridized carbons (Fsp3) is 0.300. The van der Waals surface area contributed by atoms with E-state index in [1.54, 1.807) is 19.1 Å². The molecule has 0 spiro atoms. The normalized spacial score (nSPS) is 9.93. The van der Waals surface area contributed by atoms with Crippen LogP contribution in [0.3, 0.4) is 0 Å². The summed E-state index contributed by atoms with van der Waals surface area (Å²) in [5.74, 6) is 4.49. The zero-order valence-electron chi connectivity index (χ0n) is 8.01. The largest absolute Gasteiger partial charge is 0.294 e. The second kappa shape index (κ2) is 4.72. The Bertz CT molecular complexity index is 339. The van der Waals surface area contributed by atoms with Crippen LogP contribution in [-0.4, -0.2) is 5.91 Å². The second-order valence-corrected chi connectivity index (χ2v) is 3.15. The van der Waals surface area contributed by atoms with Crippen molar-refractivity contribution in [3.05, 3.63) is 35.1 Å². The van der Waals surface area contributed by atoms with E-state index in [2.05, 4.69) is 0 Å². The monoisotopic (exact) mass is 196 g/mol. The van der Waals surface area contributed by atoms with E-state index in [-0.39, 0.29) is 11.7 Å². The maximum Gasteiger partial charge on any atom is 0.234 e. The van der Waals surface area contributed by atoms with Gasteiger partial charge in [-0.3, -0.25) is 10.2 Å². The van der Waals surface area contributed by atoms with E-state index < -0.39 is 0 Å². The van der Waals surface area contributed by atoms with Crippen LogP contribution in [-0.2, 0) is 11.2 Å². The summed E-state index contributed by atoms with van der Waals surface area (Å²) >= 11 is 0. The zero-order chi connectivity index (χ0) is 10.6. The molecule has 0 saturated heterocycles. The zero-order valence-corrected chi connectivity index (χ0v) is 8.01. The van der Waals surface area contributed by atoms with Gasteiger partial charge in [-0.2, -0.15) is 0 Å². The van der Waals surface area contributed by atoms with Crippen LogP contribution >= 0.6 is 0 Å². The average molecular weight is 196 g/mol. The van der Waals surface area contributed by atoms with E-state index in [1.165, 1.54) is 6.07 Å². The van der Waals surface area contributed by atoms with Crippen LogP contribution in [0.1, 0.15) is 17.5 Å². The van der Waals surface area contributed by atoms with E-state index in [0.29, 0.717) is 18.4 Å². The minimum absolute atomic E-state index is 0.216. The molecule has 0 atom stereocenters. The van der Waals surface area contributed by atoms with Gasteiger partial charge in [-0.05, 0) is 30.5 Å². The first-order valence-corrected chi connectivity index (χ1v) is 4.38. The van der Waals surface area contributed by atoms with Crippen LogP contribution in [0, 0.1) is 12.7 Å². The van der Waals surface area contributed by atoms with Crippen molar-refractivity contribution in [2.24, 2.45) is 5.84 Å². The van der Waals surface area contributed by atoms with Gasteiger partial charge in [-0.15, -0.1) is 0 Å². The van der Waals surface area contributed by atoms with Gasteiger partial charge in [0.1, 0.15) is 5.82 Å². The number of aryl methyl sites for hydroxylation is 2. The van der Waals surface area contributed by atoms with Crippen molar-refractivity contribution in [1.29, 1.82) is 0 Å². The molecule has 0 aromatic heterocycles. The van der Waals surface area contributed by atoms with Crippen LogP contribution < -0.4 is 11.3 Å². The Hall–Kier alpha value is -1.42. The SMILES string of the molecule is Cc1cc(CCC(=O)NN)ccc1F. The molecular formula is C10H13FN2O. The van der Waals surface area contributed by atoms with Gasteiger partial charge in [0.15, 0.2) is 0 Å². The maximum absolute atomic E-state index is 12.9. The van der Waals surface area contributed by atoms with Gasteiger partial charge >= 0.3 is 0 Å². The standard InChI is InChI=1S/C10H13FN2O/c1-7-6-8(2-4-9(7)11)3-5-10(14)13-12/h2,4,6H,3,5,12H2,1H3,(H,13,14). The Morgan fingerprint density at radius 3 is 2.86 bits per heavy atom. The summed E-state index contributed by atoms with van der Waals surface area (Å²) in [5.41, 5.74) is 3.58. The molecule has 0 unspecified atom stereocenters. The van der Waals surface area contributed by atoms with Crippen molar-refractivity contribution in [2.75, 3.05) is 0 Å². The summed E-state index contributed by atoms with van der Waals surface area (Å²) in [5, 5.41) is 0. The van der Waals surface area contributed by atoms with Crippen LogP contribution in [0.2, 0.25) is 0 Å². The molecule has 0 fully saturated rings. The highest BCUT2D eigenvalue weighted by atomic mass is 19.1. The summed E-state index contributed by atoms with van der Waals surface area (Å²) in [6.07, 6.45) is 0.895. The second-order valence-electron chi connectivity index (χ2n) is 3.15. The number of hydrazine groups is 1. The molecule has 3 N–H and O–H groups in total. The smallest absolute Gasteiger partial charge is 0.234 e. The highest BCUT2D eigenvalue weighted by Crippen LogP contribution is 2.10. The van der Waals surface area contributed by atoms with Gasteiger partial charge in [0.2, 0.25) is 5.91 Å². The lowest BCUT2D eigenvalue weighted by Gasteiger charge is -2.02. The molecule has 4 heteroatoms. The lowest BCUT2D eigenvalue weighted by Crippen LogP contribution is -2.30. The first-order chi connectivity index (χ1) is 6.63. The molecule has 0 aliphatic carbocycles. The molecule has 1 rings (SSSR count). The maximum atomic E-state index is 12.9. The fourth-order valence-electron chi connectivity index (χ4n) is 1.19. The number of nitrogens with one attached hydrogen (secondary N) is 1. The molecule has 0 bridgehead atoms. The highest BCUT2D eigenvalue weighted by Gasteiger charge is 2.02. The number of carbonyl (C=O) groups excluding carboxylic acids is 1. The van der Waals surface area contributed by atoms with Gasteiger partial charge in [0, 0.05) is 6.42 Å². The molecule has 76 valence electrons. The number of rotatable bonds is 3. The average Bonchev–Trinajstić information content (AvgIpc) is 2.19. The predicted molar refractivity (Wildman–Crippen MR) is 51.8 cm³/mol. The van der Waals surface area contributed by atoms with Gasteiger partial charge in [0.05, 0.1) is 0 Å². The van der Waals surface area contributed by atoms with Gasteiger partial charge in [-0.25, -0.2) is 10.2 Å². The lowest BCUT2D eigenvalue weighted by atomic mass is 10.1. The van der Waals surface area contributed by atoms with Crippen LogP contribution in [0.5, 0.6) is 0 Å². The number of hydrogen-bond donors (Lipinski definition) is 2. The van der Waals surface area contributed by atoms with E-state index in [1.807, 2.05) is 5.43 Å². The molecule has 0 saturated carbocycles. The van der Waals surface area contributed by atoms with E-state index in [4.69, 9.17) is 5.84 Å². The van der Waals surface area contributed by atoms with E-state index in [0.717, 1.165) is 5.56 Å². The van der Waals surface area contributed by atoms with E-state index >= 15 is 0 Å². The Balaban J connectivity index is 2.60. The van der Waals surface area contributed by atoms with Crippen molar-refractivity contribution in [1.82, 2.24) is 5.43 Å². The fourth-order valence-corrected chi connectivity index (χ4v) is 1.19. The summed E-state index contributed by atoms with van der Waals surface area (Å²) in [6, 6.07) is 4.82. The minimum Gasteiger partial charge on any atom is -0.294 e. The van der Waals surface area contributed by atoms with Crippen molar-refractivity contribution in [3.63, 3.8) is 0 Å². The van der Waals surface area contributed by atoms with Crippen LogP contribution in [0.15, 0.2) is 18.2 Å².